The molecule has 0 spiro atoms. The summed E-state index contributed by atoms with van der Waals surface area (Å²) in [6.07, 6.45) is 1.49. The number of nitrogens with zero attached hydrogens (tertiary/aromatic N) is 2. The van der Waals surface area contributed by atoms with Crippen molar-refractivity contribution in [2.45, 2.75) is 34.6 Å². The van der Waals surface area contributed by atoms with Gasteiger partial charge in [0.2, 0.25) is 0 Å². The fourth-order valence-corrected chi connectivity index (χ4v) is 1.70. The normalized spacial score (nSPS) is 10.5. The Labute approximate surface area is 134 Å². The van der Waals surface area contributed by atoms with E-state index in [1.165, 1.54) is 6.08 Å². The summed E-state index contributed by atoms with van der Waals surface area (Å²) in [7, 11) is 0. The van der Waals surface area contributed by atoms with Crippen molar-refractivity contribution in [3.8, 4) is 6.07 Å². The molecular formula is C18H27N3O. The lowest BCUT2D eigenvalue weighted by Crippen LogP contribution is -2.21. The van der Waals surface area contributed by atoms with Crippen LogP contribution in [0.1, 0.15) is 40.2 Å². The van der Waals surface area contributed by atoms with Crippen molar-refractivity contribution in [2.24, 2.45) is 11.7 Å². The van der Waals surface area contributed by atoms with E-state index in [4.69, 9.17) is 11.0 Å². The average molecular weight is 301 g/mol. The van der Waals surface area contributed by atoms with Gasteiger partial charge in [-0.05, 0) is 43.5 Å². The van der Waals surface area contributed by atoms with Gasteiger partial charge in [0, 0.05) is 18.8 Å². The molecule has 4 heteroatoms. The van der Waals surface area contributed by atoms with Crippen molar-refractivity contribution < 1.29 is 4.79 Å². The monoisotopic (exact) mass is 301 g/mol. The standard InChI is InChI=1S/C14H17N3O.C4H10/c1-3-17(4-2)13-7-5-11(6-8-13)9-12(10-15)14(16)18;1-4(2)3/h5-9H,3-4H2,1-2H3,(H2,16,18);4H,1-3H3/b12-9+;. The van der Waals surface area contributed by atoms with Gasteiger partial charge < -0.3 is 10.6 Å². The van der Waals surface area contributed by atoms with Crippen molar-refractivity contribution >= 4 is 17.7 Å². The largest absolute Gasteiger partial charge is 0.372 e. The first-order valence-electron chi connectivity index (χ1n) is 7.62. The molecule has 22 heavy (non-hydrogen) atoms. The minimum absolute atomic E-state index is 0.0365. The van der Waals surface area contributed by atoms with Gasteiger partial charge in [-0.1, -0.05) is 32.9 Å². The average Bonchev–Trinajstić information content (AvgIpc) is 2.46. The highest BCUT2D eigenvalue weighted by Crippen LogP contribution is 2.16. The summed E-state index contributed by atoms with van der Waals surface area (Å²) in [5.74, 6) is 0.130. The summed E-state index contributed by atoms with van der Waals surface area (Å²) in [4.78, 5) is 13.1. The second-order valence-electron chi connectivity index (χ2n) is 5.53. The minimum Gasteiger partial charge on any atom is -0.372 e. The number of rotatable bonds is 5. The second kappa shape index (κ2) is 10.4. The zero-order valence-electron chi connectivity index (χ0n) is 14.3. The summed E-state index contributed by atoms with van der Waals surface area (Å²) < 4.78 is 0. The first kappa shape index (κ1) is 19.7. The fraction of sp³-hybridized carbons (Fsp3) is 0.444. The van der Waals surface area contributed by atoms with Crippen molar-refractivity contribution in [2.75, 3.05) is 18.0 Å². The Morgan fingerprint density at radius 2 is 1.68 bits per heavy atom. The molecule has 4 nitrogen and oxygen atoms in total. The maximum atomic E-state index is 10.9. The maximum Gasteiger partial charge on any atom is 0.259 e. The van der Waals surface area contributed by atoms with E-state index in [9.17, 15) is 4.79 Å². The smallest absolute Gasteiger partial charge is 0.259 e. The second-order valence-corrected chi connectivity index (χ2v) is 5.53. The number of carbonyl (C=O) groups excluding carboxylic acids is 1. The molecule has 120 valence electrons. The van der Waals surface area contributed by atoms with Crippen LogP contribution in [0.4, 0.5) is 5.69 Å². The molecule has 0 heterocycles. The summed E-state index contributed by atoms with van der Waals surface area (Å²) >= 11 is 0. The lowest BCUT2D eigenvalue weighted by Gasteiger charge is -2.20. The molecule has 0 aromatic heterocycles. The quantitative estimate of drug-likeness (QED) is 0.667. The molecule has 0 saturated heterocycles. The van der Waals surface area contributed by atoms with Crippen molar-refractivity contribution in [3.05, 3.63) is 35.4 Å². The zero-order chi connectivity index (χ0) is 17.1. The molecule has 1 aromatic rings. The van der Waals surface area contributed by atoms with Crippen LogP contribution < -0.4 is 10.6 Å². The molecule has 0 aliphatic carbocycles. The topological polar surface area (TPSA) is 70.1 Å². The van der Waals surface area contributed by atoms with Crippen LogP contribution in [0.2, 0.25) is 0 Å². The van der Waals surface area contributed by atoms with Gasteiger partial charge in [-0.25, -0.2) is 0 Å². The van der Waals surface area contributed by atoms with E-state index in [-0.39, 0.29) is 5.57 Å². The van der Waals surface area contributed by atoms with Gasteiger partial charge in [-0.2, -0.15) is 5.26 Å². The molecule has 1 amide bonds. The molecule has 0 unspecified atom stereocenters. The highest BCUT2D eigenvalue weighted by atomic mass is 16.1. The van der Waals surface area contributed by atoms with Crippen LogP contribution in [0, 0.1) is 17.2 Å². The number of hydrogen-bond acceptors (Lipinski definition) is 3. The predicted molar refractivity (Wildman–Crippen MR) is 93.3 cm³/mol. The number of nitriles is 1. The van der Waals surface area contributed by atoms with Crippen LogP contribution >= 0.6 is 0 Å². The lowest BCUT2D eigenvalue weighted by molar-refractivity contribution is -0.114. The summed E-state index contributed by atoms with van der Waals surface area (Å²) in [6, 6.07) is 9.46. The third-order valence-corrected chi connectivity index (χ3v) is 2.72. The number of hydrogen-bond donors (Lipinski definition) is 1. The Hall–Kier alpha value is -2.28. The van der Waals surface area contributed by atoms with Crippen molar-refractivity contribution in [3.63, 3.8) is 0 Å². The third-order valence-electron chi connectivity index (χ3n) is 2.72. The third kappa shape index (κ3) is 7.49. The SMILES string of the molecule is CC(C)C.CCN(CC)c1ccc(/C=C(\C#N)C(N)=O)cc1. The summed E-state index contributed by atoms with van der Waals surface area (Å²) in [5.41, 5.74) is 6.95. The molecule has 2 N–H and O–H groups in total. The maximum absolute atomic E-state index is 10.9. The Morgan fingerprint density at radius 3 is 2.00 bits per heavy atom. The molecule has 1 rings (SSSR count). The number of primary amides is 1. The van der Waals surface area contributed by atoms with Gasteiger partial charge >= 0.3 is 0 Å². The first-order chi connectivity index (χ1) is 10.3. The number of carbonyl (C=O) groups is 1. The van der Waals surface area contributed by atoms with Crippen LogP contribution in [0.3, 0.4) is 0 Å². The van der Waals surface area contributed by atoms with E-state index < -0.39 is 5.91 Å². The molecule has 0 fully saturated rings. The van der Waals surface area contributed by atoms with Crippen LogP contribution in [-0.2, 0) is 4.79 Å². The van der Waals surface area contributed by atoms with Crippen molar-refractivity contribution in [1.29, 1.82) is 5.26 Å². The van der Waals surface area contributed by atoms with Gasteiger partial charge in [-0.3, -0.25) is 4.79 Å². The van der Waals surface area contributed by atoms with E-state index >= 15 is 0 Å². The van der Waals surface area contributed by atoms with Crippen LogP contribution in [0.15, 0.2) is 29.8 Å². The minimum atomic E-state index is -0.703. The van der Waals surface area contributed by atoms with E-state index in [1.807, 2.05) is 24.3 Å². The molecule has 0 aliphatic rings. The van der Waals surface area contributed by atoms with Crippen LogP contribution in [-0.4, -0.2) is 19.0 Å². The van der Waals surface area contributed by atoms with Gasteiger partial charge in [0.15, 0.2) is 0 Å². The Morgan fingerprint density at radius 1 is 1.23 bits per heavy atom. The zero-order valence-corrected chi connectivity index (χ0v) is 14.3. The predicted octanol–water partition coefficient (Wildman–Crippen LogP) is 3.59. The molecular weight excluding hydrogens is 274 g/mol. The van der Waals surface area contributed by atoms with E-state index in [1.54, 1.807) is 6.07 Å². The molecule has 1 aromatic carbocycles. The van der Waals surface area contributed by atoms with Gasteiger partial charge in [0.25, 0.3) is 5.91 Å². The highest BCUT2D eigenvalue weighted by molar-refractivity contribution is 6.00. The number of amides is 1. The molecule has 0 radical (unpaired) electrons. The molecule has 0 bridgehead atoms. The Balaban J connectivity index is 0.000000980. The van der Waals surface area contributed by atoms with E-state index in [2.05, 4.69) is 39.5 Å². The number of benzene rings is 1. The number of nitrogens with two attached hydrogens (primary N) is 1. The van der Waals surface area contributed by atoms with Crippen LogP contribution in [0.5, 0.6) is 0 Å². The van der Waals surface area contributed by atoms with E-state index in [0.717, 1.165) is 30.3 Å². The highest BCUT2D eigenvalue weighted by Gasteiger charge is 2.04. The lowest BCUT2D eigenvalue weighted by atomic mass is 10.1. The first-order valence-corrected chi connectivity index (χ1v) is 7.62. The van der Waals surface area contributed by atoms with Gasteiger partial charge in [0.1, 0.15) is 11.6 Å². The Kier molecular flexibility index (Phi) is 9.36. The van der Waals surface area contributed by atoms with Gasteiger partial charge in [0.05, 0.1) is 0 Å². The van der Waals surface area contributed by atoms with E-state index in [0.29, 0.717) is 0 Å². The Bertz CT molecular complexity index is 518. The molecule has 0 atom stereocenters. The fourth-order valence-electron chi connectivity index (χ4n) is 1.70. The molecule has 0 saturated carbocycles. The summed E-state index contributed by atoms with van der Waals surface area (Å²) in [6.45, 7) is 12.6. The van der Waals surface area contributed by atoms with Gasteiger partial charge in [-0.15, -0.1) is 0 Å². The molecule has 0 aliphatic heterocycles. The number of anilines is 1. The van der Waals surface area contributed by atoms with Crippen molar-refractivity contribution in [1.82, 2.24) is 0 Å². The van der Waals surface area contributed by atoms with Crippen LogP contribution in [0.25, 0.3) is 6.08 Å². The summed E-state index contributed by atoms with van der Waals surface area (Å²) in [5, 5.41) is 8.75.